The molecule has 5 heteroatoms. The van der Waals surface area contributed by atoms with Crippen LogP contribution in [0, 0.1) is 0 Å². The fraction of sp³-hybridized carbons (Fsp3) is 0.278. The Hall–Kier alpha value is -2.27. The zero-order valence-electron chi connectivity index (χ0n) is 13.0. The summed E-state index contributed by atoms with van der Waals surface area (Å²) in [5.74, 6) is -0.278. The van der Waals surface area contributed by atoms with Gasteiger partial charge < -0.3 is 5.11 Å². The van der Waals surface area contributed by atoms with Crippen LogP contribution in [0.4, 0.5) is 5.13 Å². The molecule has 3 rings (SSSR count). The lowest BCUT2D eigenvalue weighted by atomic mass is 10.0. The first kappa shape index (κ1) is 15.6. The van der Waals surface area contributed by atoms with Gasteiger partial charge in [-0.1, -0.05) is 41.7 Å². The van der Waals surface area contributed by atoms with Gasteiger partial charge in [-0.05, 0) is 32.6 Å². The molecule has 1 aliphatic carbocycles. The Balaban J connectivity index is 1.91. The van der Waals surface area contributed by atoms with Gasteiger partial charge in [-0.2, -0.15) is 0 Å². The van der Waals surface area contributed by atoms with E-state index in [4.69, 9.17) is 0 Å². The summed E-state index contributed by atoms with van der Waals surface area (Å²) in [4.78, 5) is 22.0. The number of allylic oxidation sites excluding steroid dienone is 1. The Morgan fingerprint density at radius 3 is 2.70 bits per heavy atom. The van der Waals surface area contributed by atoms with Crippen LogP contribution in [-0.4, -0.2) is 22.1 Å². The normalized spacial score (nSPS) is 15.3. The van der Waals surface area contributed by atoms with E-state index in [1.54, 1.807) is 23.5 Å². The molecule has 0 spiro atoms. The topological polar surface area (TPSA) is 62.5 Å². The maximum absolute atomic E-state index is 11.8. The average molecular weight is 326 g/mol. The van der Waals surface area contributed by atoms with Crippen molar-refractivity contribution in [1.82, 2.24) is 4.98 Å². The number of thiazole rings is 1. The van der Waals surface area contributed by atoms with Gasteiger partial charge in [0.15, 0.2) is 5.78 Å². The third kappa shape index (κ3) is 3.56. The summed E-state index contributed by atoms with van der Waals surface area (Å²) >= 11 is 1.57. The molecule has 1 N–H and O–H groups in total. The summed E-state index contributed by atoms with van der Waals surface area (Å²) in [6.07, 6.45) is 5.87. The number of nitrogens with zero attached hydrogens (tertiary/aromatic N) is 2. The van der Waals surface area contributed by atoms with Gasteiger partial charge in [0.2, 0.25) is 5.13 Å². The highest BCUT2D eigenvalue weighted by Crippen LogP contribution is 2.31. The van der Waals surface area contributed by atoms with Crippen molar-refractivity contribution in [1.29, 1.82) is 0 Å². The summed E-state index contributed by atoms with van der Waals surface area (Å²) in [6, 6.07) is 9.01. The molecule has 1 aromatic carbocycles. The van der Waals surface area contributed by atoms with Crippen LogP contribution in [0.2, 0.25) is 0 Å². The van der Waals surface area contributed by atoms with Crippen LogP contribution in [0.1, 0.15) is 35.9 Å². The lowest BCUT2D eigenvalue weighted by Gasteiger charge is -2.06. The quantitative estimate of drug-likeness (QED) is 0.518. The van der Waals surface area contributed by atoms with E-state index in [1.165, 1.54) is 30.9 Å². The SMILES string of the molecule is CC(=O)C(/C=N/c1nc2c(s1)CCCC2)=C(/O)c1ccccc1. The van der Waals surface area contributed by atoms with Crippen molar-refractivity contribution in [2.45, 2.75) is 32.6 Å². The zero-order valence-corrected chi connectivity index (χ0v) is 13.8. The molecule has 2 aromatic rings. The molecule has 0 radical (unpaired) electrons. The Bertz CT molecular complexity index is 752. The molecule has 1 heterocycles. The van der Waals surface area contributed by atoms with E-state index in [-0.39, 0.29) is 17.1 Å². The smallest absolute Gasteiger partial charge is 0.209 e. The first-order valence-electron chi connectivity index (χ1n) is 7.67. The van der Waals surface area contributed by atoms with Crippen LogP contribution < -0.4 is 0 Å². The monoisotopic (exact) mass is 326 g/mol. The maximum Gasteiger partial charge on any atom is 0.209 e. The van der Waals surface area contributed by atoms with Gasteiger partial charge in [0, 0.05) is 16.7 Å². The Morgan fingerprint density at radius 1 is 1.26 bits per heavy atom. The van der Waals surface area contributed by atoms with E-state index in [0.717, 1.165) is 18.5 Å². The molecule has 4 nitrogen and oxygen atoms in total. The Kier molecular flexibility index (Phi) is 4.67. The highest BCUT2D eigenvalue weighted by molar-refractivity contribution is 7.15. The van der Waals surface area contributed by atoms with Crippen molar-refractivity contribution in [3.8, 4) is 0 Å². The molecule has 0 unspecified atom stereocenters. The molecular weight excluding hydrogens is 308 g/mol. The van der Waals surface area contributed by atoms with E-state index < -0.39 is 0 Å². The van der Waals surface area contributed by atoms with E-state index in [9.17, 15) is 9.90 Å². The van der Waals surface area contributed by atoms with Gasteiger partial charge in [0.25, 0.3) is 0 Å². The third-order valence-electron chi connectivity index (χ3n) is 3.82. The number of rotatable bonds is 4. The van der Waals surface area contributed by atoms with Gasteiger partial charge in [0.1, 0.15) is 5.76 Å². The van der Waals surface area contributed by atoms with Gasteiger partial charge in [-0.3, -0.25) is 4.79 Å². The van der Waals surface area contributed by atoms with Crippen LogP contribution in [0.5, 0.6) is 0 Å². The minimum atomic E-state index is -0.226. The number of carbonyl (C=O) groups excluding carboxylic acids is 1. The maximum atomic E-state index is 11.8. The Morgan fingerprint density at radius 2 is 2.00 bits per heavy atom. The van der Waals surface area contributed by atoms with E-state index >= 15 is 0 Å². The van der Waals surface area contributed by atoms with Crippen molar-refractivity contribution in [2.24, 2.45) is 4.99 Å². The molecule has 1 aromatic heterocycles. The third-order valence-corrected chi connectivity index (χ3v) is 4.89. The zero-order chi connectivity index (χ0) is 16.2. The molecule has 0 bridgehead atoms. The minimum absolute atomic E-state index is 0.0526. The number of aliphatic hydroxyl groups excluding tert-OH is 1. The van der Waals surface area contributed by atoms with Gasteiger partial charge in [-0.15, -0.1) is 0 Å². The number of aliphatic imine (C=N–C) groups is 1. The average Bonchev–Trinajstić information content (AvgIpc) is 2.98. The summed E-state index contributed by atoms with van der Waals surface area (Å²) in [6.45, 7) is 1.42. The lowest BCUT2D eigenvalue weighted by Crippen LogP contribution is -2.02. The number of benzene rings is 1. The van der Waals surface area contributed by atoms with Crippen molar-refractivity contribution in [2.75, 3.05) is 0 Å². The minimum Gasteiger partial charge on any atom is -0.507 e. The molecule has 0 amide bonds. The number of aliphatic hydroxyl groups is 1. The van der Waals surface area contributed by atoms with Gasteiger partial charge >= 0.3 is 0 Å². The number of Topliss-reactive ketones (excluding diaryl/α,β-unsaturated/α-hetero) is 1. The van der Waals surface area contributed by atoms with Crippen LogP contribution in [0.25, 0.3) is 5.76 Å². The molecular formula is C18H18N2O2S. The van der Waals surface area contributed by atoms with Crippen LogP contribution >= 0.6 is 11.3 Å². The second-order valence-corrected chi connectivity index (χ2v) is 6.58. The van der Waals surface area contributed by atoms with Crippen LogP contribution in [0.3, 0.4) is 0 Å². The van der Waals surface area contributed by atoms with Crippen LogP contribution in [0.15, 0.2) is 40.9 Å². The standard InChI is InChI=1S/C18H18N2O2S/c1-12(21)14(17(22)13-7-3-2-4-8-13)11-19-18-20-15-9-5-6-10-16(15)23-18/h2-4,7-8,11,22H,5-6,9-10H2,1H3/b17-14+,19-11+. The molecule has 0 saturated carbocycles. The highest BCUT2D eigenvalue weighted by atomic mass is 32.1. The first-order valence-corrected chi connectivity index (χ1v) is 8.49. The summed E-state index contributed by atoms with van der Waals surface area (Å²) in [7, 11) is 0. The van der Waals surface area contributed by atoms with E-state index in [2.05, 4.69) is 9.98 Å². The molecule has 0 atom stereocenters. The Labute approximate surface area is 139 Å². The molecule has 118 valence electrons. The molecule has 0 fully saturated rings. The van der Waals surface area contributed by atoms with Crippen molar-refractivity contribution >= 4 is 34.2 Å². The summed E-state index contributed by atoms with van der Waals surface area (Å²) < 4.78 is 0. The number of fused-ring (bicyclic) bond motifs is 1. The number of aryl methyl sites for hydroxylation is 2. The van der Waals surface area contributed by atoms with Crippen molar-refractivity contribution < 1.29 is 9.90 Å². The van der Waals surface area contributed by atoms with Gasteiger partial charge in [-0.25, -0.2) is 9.98 Å². The van der Waals surface area contributed by atoms with Gasteiger partial charge in [0.05, 0.1) is 11.3 Å². The lowest BCUT2D eigenvalue weighted by molar-refractivity contribution is -0.113. The van der Waals surface area contributed by atoms with E-state index in [0.29, 0.717) is 10.7 Å². The van der Waals surface area contributed by atoms with E-state index in [1.807, 2.05) is 18.2 Å². The van der Waals surface area contributed by atoms with Crippen molar-refractivity contribution in [3.63, 3.8) is 0 Å². The number of hydrogen-bond donors (Lipinski definition) is 1. The summed E-state index contributed by atoms with van der Waals surface area (Å²) in [5, 5.41) is 11.0. The fourth-order valence-electron chi connectivity index (χ4n) is 2.58. The summed E-state index contributed by atoms with van der Waals surface area (Å²) in [5.41, 5.74) is 1.93. The molecule has 1 aliphatic rings. The highest BCUT2D eigenvalue weighted by Gasteiger charge is 2.15. The second kappa shape index (κ2) is 6.87. The number of ketones is 1. The second-order valence-electron chi connectivity index (χ2n) is 5.52. The predicted octanol–water partition coefficient (Wildman–Crippen LogP) is 4.28. The predicted molar refractivity (Wildman–Crippen MR) is 93.6 cm³/mol. The number of aromatic nitrogens is 1. The fourth-order valence-corrected chi connectivity index (χ4v) is 3.58. The van der Waals surface area contributed by atoms with Crippen LogP contribution in [-0.2, 0) is 17.6 Å². The molecule has 0 aliphatic heterocycles. The number of carbonyl (C=O) groups is 1. The number of hydrogen-bond acceptors (Lipinski definition) is 5. The van der Waals surface area contributed by atoms with Crippen molar-refractivity contribution in [3.05, 3.63) is 52.0 Å². The molecule has 23 heavy (non-hydrogen) atoms. The first-order chi connectivity index (χ1) is 11.1. The molecule has 0 saturated heterocycles. The largest absolute Gasteiger partial charge is 0.507 e.